The van der Waals surface area contributed by atoms with Crippen LogP contribution in [0.4, 0.5) is 0 Å². The number of Topliss-reactive ketones (excluding diaryl/α,β-unsaturated/α-hetero) is 1. The van der Waals surface area contributed by atoms with Gasteiger partial charge in [0.15, 0.2) is 11.6 Å². The molecular weight excluding hydrogens is 324 g/mol. The predicted molar refractivity (Wildman–Crippen MR) is 97.9 cm³/mol. The summed E-state index contributed by atoms with van der Waals surface area (Å²) in [6.07, 6.45) is 7.17. The molecule has 0 unspecified atom stereocenters. The minimum atomic E-state index is -0.586. The summed E-state index contributed by atoms with van der Waals surface area (Å²) >= 11 is 0. The van der Waals surface area contributed by atoms with Crippen molar-refractivity contribution in [3.05, 3.63) is 65.0 Å². The smallest absolute Gasteiger partial charge is 0.226 e. The van der Waals surface area contributed by atoms with Gasteiger partial charge in [0.25, 0.3) is 0 Å². The molecule has 0 bridgehead atoms. The lowest BCUT2D eigenvalue weighted by atomic mass is 9.53. The van der Waals surface area contributed by atoms with Crippen LogP contribution in [-0.2, 0) is 16.6 Å². The van der Waals surface area contributed by atoms with Gasteiger partial charge in [-0.05, 0) is 36.5 Å². The normalized spacial score (nSPS) is 26.3. The van der Waals surface area contributed by atoms with E-state index in [4.69, 9.17) is 11.6 Å². The summed E-state index contributed by atoms with van der Waals surface area (Å²) < 4.78 is 0. The van der Waals surface area contributed by atoms with E-state index in [1.807, 2.05) is 44.3 Å². The van der Waals surface area contributed by atoms with E-state index in [1.54, 1.807) is 6.20 Å². The van der Waals surface area contributed by atoms with Gasteiger partial charge in [0.05, 0.1) is 12.3 Å². The number of allylic oxidation sites excluding steroid dienone is 2. The maximum atomic E-state index is 12.8. The van der Waals surface area contributed by atoms with Crippen molar-refractivity contribution in [1.82, 2.24) is 15.0 Å². The van der Waals surface area contributed by atoms with E-state index in [1.165, 1.54) is 0 Å². The third kappa shape index (κ3) is 2.22. The van der Waals surface area contributed by atoms with Crippen LogP contribution in [0, 0.1) is 17.9 Å². The molecular formula is C21H20N4O. The summed E-state index contributed by atoms with van der Waals surface area (Å²) in [5.74, 6) is 0.628. The Hall–Kier alpha value is -2.87. The molecule has 2 aliphatic rings. The van der Waals surface area contributed by atoms with Crippen LogP contribution in [0.5, 0.6) is 0 Å². The summed E-state index contributed by atoms with van der Waals surface area (Å²) in [6, 6.07) is 5.66. The lowest BCUT2D eigenvalue weighted by Crippen LogP contribution is -2.51. The topological polar surface area (TPSA) is 60.1 Å². The van der Waals surface area contributed by atoms with Gasteiger partial charge in [-0.1, -0.05) is 32.9 Å². The SMILES string of the molecule is [C-]#[N+]C1=C[C@]2(C)c3nc(-c4ccccn4)ncc3CC[C@H]2C(C)(C)C1=O. The molecule has 2 aromatic heterocycles. The molecule has 0 fully saturated rings. The number of nitrogens with zero attached hydrogens (tertiary/aromatic N) is 4. The largest absolute Gasteiger partial charge is 0.307 e. The summed E-state index contributed by atoms with van der Waals surface area (Å²) in [6.45, 7) is 13.5. The van der Waals surface area contributed by atoms with E-state index in [0.717, 1.165) is 29.8 Å². The second-order valence-corrected chi connectivity index (χ2v) is 7.85. The molecule has 0 saturated heterocycles. The second-order valence-electron chi connectivity index (χ2n) is 7.85. The summed E-state index contributed by atoms with van der Waals surface area (Å²) in [7, 11) is 0. The molecule has 5 nitrogen and oxygen atoms in total. The van der Waals surface area contributed by atoms with Crippen LogP contribution in [0.3, 0.4) is 0 Å². The van der Waals surface area contributed by atoms with E-state index >= 15 is 0 Å². The zero-order valence-corrected chi connectivity index (χ0v) is 15.2. The van der Waals surface area contributed by atoms with Crippen LogP contribution in [0.1, 0.15) is 38.4 Å². The highest BCUT2D eigenvalue weighted by atomic mass is 16.1. The third-order valence-electron chi connectivity index (χ3n) is 5.94. The van der Waals surface area contributed by atoms with Gasteiger partial charge in [-0.3, -0.25) is 4.98 Å². The van der Waals surface area contributed by atoms with Gasteiger partial charge in [0.1, 0.15) is 5.69 Å². The van der Waals surface area contributed by atoms with Gasteiger partial charge in [-0.15, -0.1) is 0 Å². The molecule has 26 heavy (non-hydrogen) atoms. The number of ketones is 1. The number of pyridine rings is 1. The third-order valence-corrected chi connectivity index (χ3v) is 5.94. The molecule has 0 aromatic carbocycles. The highest BCUT2D eigenvalue weighted by Crippen LogP contribution is 2.54. The van der Waals surface area contributed by atoms with E-state index in [9.17, 15) is 4.79 Å². The number of fused-ring (bicyclic) bond motifs is 3. The quantitative estimate of drug-likeness (QED) is 0.739. The monoisotopic (exact) mass is 344 g/mol. The van der Waals surface area contributed by atoms with Crippen LogP contribution in [0.2, 0.25) is 0 Å². The van der Waals surface area contributed by atoms with Crippen molar-refractivity contribution in [2.24, 2.45) is 11.3 Å². The van der Waals surface area contributed by atoms with Gasteiger partial charge in [0, 0.05) is 23.2 Å². The van der Waals surface area contributed by atoms with Crippen molar-refractivity contribution in [3.63, 3.8) is 0 Å². The van der Waals surface area contributed by atoms with Crippen molar-refractivity contribution < 1.29 is 4.79 Å². The highest BCUT2D eigenvalue weighted by Gasteiger charge is 2.54. The summed E-state index contributed by atoms with van der Waals surface area (Å²) in [4.78, 5) is 30.0. The number of carbonyl (C=O) groups is 1. The van der Waals surface area contributed by atoms with Gasteiger partial charge >= 0.3 is 0 Å². The Balaban J connectivity index is 1.94. The number of hydrogen-bond acceptors (Lipinski definition) is 4. The summed E-state index contributed by atoms with van der Waals surface area (Å²) in [5.41, 5.74) is 1.91. The van der Waals surface area contributed by atoms with Crippen molar-refractivity contribution in [2.45, 2.75) is 39.0 Å². The van der Waals surface area contributed by atoms with E-state index in [2.05, 4.69) is 21.7 Å². The van der Waals surface area contributed by atoms with Crippen LogP contribution in [0.15, 0.2) is 42.4 Å². The maximum Gasteiger partial charge on any atom is 0.226 e. The number of hydrogen-bond donors (Lipinski definition) is 0. The summed E-state index contributed by atoms with van der Waals surface area (Å²) in [5, 5.41) is 0. The van der Waals surface area contributed by atoms with E-state index < -0.39 is 10.8 Å². The molecule has 130 valence electrons. The Morgan fingerprint density at radius 1 is 1.23 bits per heavy atom. The molecule has 4 rings (SSSR count). The number of aryl methyl sites for hydroxylation is 1. The number of carbonyl (C=O) groups excluding carboxylic acids is 1. The number of rotatable bonds is 1. The Bertz CT molecular complexity index is 971. The van der Waals surface area contributed by atoms with Crippen LogP contribution >= 0.6 is 0 Å². The minimum Gasteiger partial charge on any atom is -0.307 e. The first-order valence-electron chi connectivity index (χ1n) is 8.81. The predicted octanol–water partition coefficient (Wildman–Crippen LogP) is 3.77. The maximum absolute atomic E-state index is 12.8. The second kappa shape index (κ2) is 5.57. The lowest BCUT2D eigenvalue weighted by Gasteiger charge is -2.50. The molecule has 0 radical (unpaired) electrons. The molecule has 0 aliphatic heterocycles. The lowest BCUT2D eigenvalue weighted by molar-refractivity contribution is -0.128. The van der Waals surface area contributed by atoms with Gasteiger partial charge in [0.2, 0.25) is 5.70 Å². The standard InChI is InChI=1S/C21H20N4O/c1-20(2)16-9-8-13-12-24-19(14-7-5-6-10-23-14)25-17(13)21(16,3)11-15(22-4)18(20)26/h5-7,10-12,16H,8-9H2,1-3H3/t16-,21-/m0/s1. The first-order chi connectivity index (χ1) is 12.4. The van der Waals surface area contributed by atoms with Gasteiger partial charge in [-0.2, -0.15) is 0 Å². The fraction of sp³-hybridized carbons (Fsp3) is 0.381. The molecule has 5 heteroatoms. The molecule has 0 spiro atoms. The molecule has 0 N–H and O–H groups in total. The van der Waals surface area contributed by atoms with Crippen LogP contribution in [0.25, 0.3) is 16.4 Å². The number of aromatic nitrogens is 3. The fourth-order valence-corrected chi connectivity index (χ4v) is 4.64. The van der Waals surface area contributed by atoms with Crippen LogP contribution < -0.4 is 0 Å². The molecule has 0 saturated carbocycles. The zero-order valence-electron chi connectivity index (χ0n) is 15.2. The Morgan fingerprint density at radius 3 is 2.73 bits per heavy atom. The average molecular weight is 344 g/mol. The van der Waals surface area contributed by atoms with Crippen molar-refractivity contribution in [1.29, 1.82) is 0 Å². The molecule has 2 aliphatic carbocycles. The first-order valence-corrected chi connectivity index (χ1v) is 8.81. The fourth-order valence-electron chi connectivity index (χ4n) is 4.64. The Morgan fingerprint density at radius 2 is 2.04 bits per heavy atom. The van der Waals surface area contributed by atoms with Crippen molar-refractivity contribution in [3.8, 4) is 11.5 Å². The highest BCUT2D eigenvalue weighted by molar-refractivity contribution is 6.02. The van der Waals surface area contributed by atoms with E-state index in [-0.39, 0.29) is 17.4 Å². The Kier molecular flexibility index (Phi) is 3.55. The first kappa shape index (κ1) is 16.6. The average Bonchev–Trinajstić information content (AvgIpc) is 2.65. The molecule has 0 amide bonds. The van der Waals surface area contributed by atoms with Crippen molar-refractivity contribution in [2.75, 3.05) is 0 Å². The van der Waals surface area contributed by atoms with Crippen molar-refractivity contribution >= 4 is 5.78 Å². The minimum absolute atomic E-state index is 0.0579. The zero-order chi connectivity index (χ0) is 18.5. The van der Waals surface area contributed by atoms with Gasteiger partial charge < -0.3 is 4.79 Å². The van der Waals surface area contributed by atoms with Gasteiger partial charge in [-0.25, -0.2) is 14.8 Å². The molecule has 2 atom stereocenters. The van der Waals surface area contributed by atoms with E-state index in [0.29, 0.717) is 5.82 Å². The molecule has 2 aromatic rings. The Labute approximate surface area is 153 Å². The van der Waals surface area contributed by atoms with Crippen LogP contribution in [-0.4, -0.2) is 20.7 Å². The molecule has 2 heterocycles.